The smallest absolute Gasteiger partial charge is 0.143 e. The van der Waals surface area contributed by atoms with Crippen molar-refractivity contribution in [1.82, 2.24) is 0 Å². The highest BCUT2D eigenvalue weighted by molar-refractivity contribution is 9.11. The lowest BCUT2D eigenvalue weighted by molar-refractivity contribution is 0.669. The largest absolute Gasteiger partial charge is 0.456 e. The van der Waals surface area contributed by atoms with Crippen molar-refractivity contribution in [3.05, 3.63) is 297 Å². The molecule has 0 aliphatic carbocycles. The Morgan fingerprint density at radius 3 is 1.36 bits per heavy atom. The predicted molar refractivity (Wildman–Crippen MR) is 390 cm³/mol. The molecule has 19 rings (SSSR count). The molecular weight excluding hydrogens is 1360 g/mol. The molecule has 4 aromatic heterocycles. The summed E-state index contributed by atoms with van der Waals surface area (Å²) in [7, 11) is 0. The highest BCUT2D eigenvalue weighted by Crippen LogP contribution is 2.43. The number of furan rings is 3. The van der Waals surface area contributed by atoms with E-state index in [9.17, 15) is 0 Å². The van der Waals surface area contributed by atoms with Gasteiger partial charge in [-0.3, -0.25) is 0 Å². The van der Waals surface area contributed by atoms with Crippen LogP contribution in [0.3, 0.4) is 0 Å². The molecule has 0 unspecified atom stereocenters. The van der Waals surface area contributed by atoms with Crippen LogP contribution in [0.15, 0.2) is 310 Å². The SMILES string of the molecule is Brc1cc(-c2ccc3oc4cc5ccccc5cc4c3c2)c2ccccc2c1.Brc1cc(-c2ccccc2)c2oc3cc4ccccc4cc3c2c1.Brc1ccc2c(c1)oc1cc3ccccc3cc12.Brc1cccc2c1sc1cc3ccccc3cc12. The fourth-order valence-electron chi connectivity index (χ4n) is 12.4. The zero-order valence-corrected chi connectivity index (χ0v) is 53.9. The lowest BCUT2D eigenvalue weighted by Gasteiger charge is -2.08. The minimum absolute atomic E-state index is 0.924. The molecule has 0 saturated carbocycles. The topological polar surface area (TPSA) is 39.4 Å². The van der Waals surface area contributed by atoms with E-state index < -0.39 is 0 Å². The lowest BCUT2D eigenvalue weighted by atomic mass is 9.97. The molecule has 15 aromatic carbocycles. The van der Waals surface area contributed by atoms with Gasteiger partial charge in [0.05, 0.1) is 0 Å². The first-order valence-electron chi connectivity index (χ1n) is 28.8. The summed E-state index contributed by atoms with van der Waals surface area (Å²) in [6, 6.07) is 97.9. The molecule has 19 aromatic rings. The average molecular weight is 1410 g/mol. The van der Waals surface area contributed by atoms with Gasteiger partial charge < -0.3 is 13.3 Å². The summed E-state index contributed by atoms with van der Waals surface area (Å²) >= 11 is 16.3. The first-order valence-corrected chi connectivity index (χ1v) is 32.8. The fraction of sp³-hybridized carbons (Fsp3) is 0. The molecule has 88 heavy (non-hydrogen) atoms. The number of benzene rings is 15. The Kier molecular flexibility index (Phi) is 14.1. The maximum atomic E-state index is 6.28. The van der Waals surface area contributed by atoms with Gasteiger partial charge in [0.1, 0.15) is 33.5 Å². The van der Waals surface area contributed by atoms with E-state index in [-0.39, 0.29) is 0 Å². The van der Waals surface area contributed by atoms with Gasteiger partial charge in [-0.05, 0) is 196 Å². The number of hydrogen-bond acceptors (Lipinski definition) is 4. The maximum Gasteiger partial charge on any atom is 0.143 e. The van der Waals surface area contributed by atoms with Crippen LogP contribution < -0.4 is 0 Å². The molecule has 0 atom stereocenters. The van der Waals surface area contributed by atoms with Crippen LogP contribution >= 0.6 is 75.1 Å². The van der Waals surface area contributed by atoms with Crippen molar-refractivity contribution in [2.45, 2.75) is 0 Å². The first kappa shape index (κ1) is 54.5. The molecule has 0 aliphatic heterocycles. The van der Waals surface area contributed by atoms with Gasteiger partial charge in [0.15, 0.2) is 0 Å². The predicted octanol–water partition coefficient (Wildman–Crippen LogP) is 27.0. The average Bonchev–Trinajstić information content (AvgIpc) is 1.97. The van der Waals surface area contributed by atoms with Crippen molar-refractivity contribution >= 4 is 215 Å². The molecule has 0 amide bonds. The van der Waals surface area contributed by atoms with E-state index in [2.05, 4.69) is 319 Å². The minimum atomic E-state index is 0.924. The number of rotatable bonds is 2. The van der Waals surface area contributed by atoms with E-state index in [1.807, 2.05) is 35.6 Å². The van der Waals surface area contributed by atoms with Crippen LogP contribution in [0, 0.1) is 0 Å². The summed E-state index contributed by atoms with van der Waals surface area (Å²) < 4.78 is 25.4. The third-order valence-electron chi connectivity index (χ3n) is 16.6. The zero-order valence-electron chi connectivity index (χ0n) is 46.7. The Hall–Kier alpha value is -8.86. The Morgan fingerprint density at radius 2 is 0.716 bits per heavy atom. The van der Waals surface area contributed by atoms with Crippen molar-refractivity contribution in [1.29, 1.82) is 0 Å². The highest BCUT2D eigenvalue weighted by Gasteiger charge is 2.17. The van der Waals surface area contributed by atoms with Gasteiger partial charge in [0.2, 0.25) is 0 Å². The highest BCUT2D eigenvalue weighted by atomic mass is 79.9. The molecule has 0 spiro atoms. The molecular formula is C80H46Br4O3S. The quantitative estimate of drug-likeness (QED) is 0.173. The second-order valence-electron chi connectivity index (χ2n) is 22.0. The molecule has 0 fully saturated rings. The molecule has 0 N–H and O–H groups in total. The molecule has 0 aliphatic rings. The van der Waals surface area contributed by atoms with E-state index in [0.717, 1.165) is 79.6 Å². The molecule has 4 heterocycles. The Bertz CT molecular complexity index is 5960. The van der Waals surface area contributed by atoms with E-state index in [1.54, 1.807) is 0 Å². The van der Waals surface area contributed by atoms with Gasteiger partial charge in [-0.2, -0.15) is 0 Å². The summed E-state index contributed by atoms with van der Waals surface area (Å²) in [4.78, 5) is 0. The molecule has 0 radical (unpaired) electrons. The second kappa shape index (κ2) is 22.7. The fourth-order valence-corrected chi connectivity index (χ4v) is 15.4. The molecule has 3 nitrogen and oxygen atoms in total. The van der Waals surface area contributed by atoms with Gasteiger partial charge >= 0.3 is 0 Å². The Balaban J connectivity index is 0.0000000962. The number of fused-ring (bicyclic) bond motifs is 17. The second-order valence-corrected chi connectivity index (χ2v) is 26.7. The van der Waals surface area contributed by atoms with Crippen LogP contribution in [0.1, 0.15) is 0 Å². The summed E-state index contributed by atoms with van der Waals surface area (Å²) in [6.07, 6.45) is 0. The normalized spacial score (nSPS) is 11.6. The maximum absolute atomic E-state index is 6.28. The summed E-state index contributed by atoms with van der Waals surface area (Å²) in [6.45, 7) is 0. The molecule has 0 saturated heterocycles. The third kappa shape index (κ3) is 10.1. The van der Waals surface area contributed by atoms with Crippen LogP contribution in [0.4, 0.5) is 0 Å². The van der Waals surface area contributed by atoms with Crippen molar-refractivity contribution in [2.24, 2.45) is 0 Å². The number of thiophene rings is 1. The van der Waals surface area contributed by atoms with Crippen LogP contribution in [0.5, 0.6) is 0 Å². The van der Waals surface area contributed by atoms with Gasteiger partial charge in [-0.15, -0.1) is 11.3 Å². The van der Waals surface area contributed by atoms with Crippen molar-refractivity contribution < 1.29 is 13.3 Å². The Labute approximate surface area is 542 Å². The molecule has 418 valence electrons. The zero-order chi connectivity index (χ0) is 59.0. The third-order valence-corrected chi connectivity index (χ3v) is 20.1. The standard InChI is InChI=1S/C26H15BrO.C22H13BrO.C16H9BrO.C16H9BrS/c27-20-11-18-7-3-4-8-21(18)22(15-20)19-9-10-25-23(13-19)24-12-16-5-1-2-6-17(16)14-26(24)28-25;23-17-12-18(14-6-2-1-3-7-14)22-20(13-17)19-10-15-8-4-5-9-16(15)11-21(19)24-22;17-12-5-6-13-14-7-10-3-1-2-4-11(10)8-15(14)18-16(13)9-12;17-14-7-3-6-12-13-8-10-4-1-2-5-11(10)9-15(13)18-16(12)14/h1-15H;1-13H;2*1-9H. The van der Waals surface area contributed by atoms with Crippen LogP contribution in [-0.2, 0) is 0 Å². The summed E-state index contributed by atoms with van der Waals surface area (Å²) in [5.41, 5.74) is 10.3. The summed E-state index contributed by atoms with van der Waals surface area (Å²) in [5.74, 6) is 0. The van der Waals surface area contributed by atoms with Gasteiger partial charge in [0.25, 0.3) is 0 Å². The van der Waals surface area contributed by atoms with Crippen molar-refractivity contribution in [2.75, 3.05) is 0 Å². The molecule has 0 bridgehead atoms. The van der Waals surface area contributed by atoms with E-state index in [4.69, 9.17) is 13.3 Å². The monoisotopic (exact) mass is 1400 g/mol. The summed E-state index contributed by atoms with van der Waals surface area (Å²) in [5, 5.41) is 22.1. The van der Waals surface area contributed by atoms with E-state index in [1.165, 1.54) is 100 Å². The van der Waals surface area contributed by atoms with E-state index in [0.29, 0.717) is 0 Å². The van der Waals surface area contributed by atoms with E-state index >= 15 is 0 Å². The van der Waals surface area contributed by atoms with Crippen molar-refractivity contribution in [3.63, 3.8) is 0 Å². The first-order chi connectivity index (χ1) is 43.2. The van der Waals surface area contributed by atoms with Crippen LogP contribution in [-0.4, -0.2) is 0 Å². The number of halogens is 4. The van der Waals surface area contributed by atoms with Gasteiger partial charge in [0, 0.05) is 75.9 Å². The van der Waals surface area contributed by atoms with Gasteiger partial charge in [-0.25, -0.2) is 0 Å². The molecule has 8 heteroatoms. The van der Waals surface area contributed by atoms with Gasteiger partial charge in [-0.1, -0.05) is 218 Å². The lowest BCUT2D eigenvalue weighted by Crippen LogP contribution is -1.82. The van der Waals surface area contributed by atoms with Crippen LogP contribution in [0.2, 0.25) is 0 Å². The Morgan fingerprint density at radius 1 is 0.239 bits per heavy atom. The number of hydrogen-bond donors (Lipinski definition) is 0. The minimum Gasteiger partial charge on any atom is -0.456 e. The van der Waals surface area contributed by atoms with Crippen molar-refractivity contribution in [3.8, 4) is 22.3 Å². The van der Waals surface area contributed by atoms with Crippen LogP contribution in [0.25, 0.3) is 162 Å².